The van der Waals surface area contributed by atoms with E-state index in [2.05, 4.69) is 51.2 Å². The Bertz CT molecular complexity index is 384. The molecule has 0 saturated carbocycles. The van der Waals surface area contributed by atoms with Crippen molar-refractivity contribution in [2.45, 2.75) is 32.7 Å². The summed E-state index contributed by atoms with van der Waals surface area (Å²) >= 11 is 0. The Morgan fingerprint density at radius 2 is 1.88 bits per heavy atom. The van der Waals surface area contributed by atoms with E-state index in [1.807, 2.05) is 7.05 Å². The van der Waals surface area contributed by atoms with Crippen LogP contribution in [0.2, 0.25) is 0 Å². The molecule has 2 atom stereocenters. The van der Waals surface area contributed by atoms with Crippen LogP contribution in [0, 0.1) is 5.92 Å². The van der Waals surface area contributed by atoms with E-state index >= 15 is 0 Å². The van der Waals surface area contributed by atoms with Crippen LogP contribution in [-0.4, -0.2) is 99.7 Å². The zero-order valence-corrected chi connectivity index (χ0v) is 19.0. The molecule has 0 aromatic carbocycles. The van der Waals surface area contributed by atoms with E-state index in [9.17, 15) is 0 Å². The van der Waals surface area contributed by atoms with Gasteiger partial charge in [0.25, 0.3) is 0 Å². The second-order valence-corrected chi connectivity index (χ2v) is 7.47. The zero-order chi connectivity index (χ0) is 17.4. The van der Waals surface area contributed by atoms with Crippen LogP contribution in [0.3, 0.4) is 0 Å². The van der Waals surface area contributed by atoms with E-state index in [0.29, 0.717) is 12.0 Å². The Kier molecular flexibility index (Phi) is 11.3. The van der Waals surface area contributed by atoms with Crippen LogP contribution in [0.4, 0.5) is 0 Å². The van der Waals surface area contributed by atoms with Gasteiger partial charge in [0.05, 0.1) is 0 Å². The predicted octanol–water partition coefficient (Wildman–Crippen LogP) is 1.14. The fraction of sp³-hybridized carbons (Fsp3) is 0.944. The lowest BCUT2D eigenvalue weighted by molar-refractivity contribution is 0.139. The average molecular weight is 466 g/mol. The largest absolute Gasteiger partial charge is 0.356 e. The number of likely N-dealkylation sites (tertiary alicyclic amines) is 1. The summed E-state index contributed by atoms with van der Waals surface area (Å²) in [5.41, 5.74) is 0. The number of hydrogen-bond acceptors (Lipinski definition) is 4. The first-order chi connectivity index (χ1) is 11.6. The molecule has 2 fully saturated rings. The van der Waals surface area contributed by atoms with Gasteiger partial charge in [-0.1, -0.05) is 13.8 Å². The molecule has 6 nitrogen and oxygen atoms in total. The van der Waals surface area contributed by atoms with Crippen LogP contribution in [0.25, 0.3) is 0 Å². The van der Waals surface area contributed by atoms with E-state index in [1.54, 1.807) is 0 Å². The van der Waals surface area contributed by atoms with Gasteiger partial charge in [-0.2, -0.15) is 0 Å². The minimum Gasteiger partial charge on any atom is -0.356 e. The molecule has 2 saturated heterocycles. The normalized spacial score (nSPS) is 24.8. The highest BCUT2D eigenvalue weighted by Gasteiger charge is 2.23. The van der Waals surface area contributed by atoms with E-state index in [4.69, 9.17) is 0 Å². The first-order valence-corrected chi connectivity index (χ1v) is 9.71. The van der Waals surface area contributed by atoms with Crippen LogP contribution < -0.4 is 10.6 Å². The van der Waals surface area contributed by atoms with Gasteiger partial charge in [0.15, 0.2) is 5.96 Å². The van der Waals surface area contributed by atoms with E-state index in [1.165, 1.54) is 52.1 Å². The van der Waals surface area contributed by atoms with Crippen LogP contribution in [0.15, 0.2) is 4.99 Å². The van der Waals surface area contributed by atoms with Gasteiger partial charge < -0.3 is 20.4 Å². The molecule has 2 heterocycles. The highest BCUT2D eigenvalue weighted by Crippen LogP contribution is 2.15. The van der Waals surface area contributed by atoms with Crippen molar-refractivity contribution in [3.63, 3.8) is 0 Å². The summed E-state index contributed by atoms with van der Waals surface area (Å²) in [6, 6.07) is 0.663. The standard InChI is InChI=1S/C18H38N6.HI/c1-5-24-8-6-7-17(24)14-21-18(19-3)20-13-16(2)15-23-11-9-22(4)10-12-23;/h16-17H,5-15H2,1-4H3,(H2,19,20,21);1H. The lowest BCUT2D eigenvalue weighted by Gasteiger charge is -2.34. The summed E-state index contributed by atoms with van der Waals surface area (Å²) in [6.45, 7) is 14.9. The minimum absolute atomic E-state index is 0. The fourth-order valence-electron chi connectivity index (χ4n) is 3.78. The fourth-order valence-corrected chi connectivity index (χ4v) is 3.78. The lowest BCUT2D eigenvalue weighted by Crippen LogP contribution is -2.48. The molecule has 0 aromatic heterocycles. The monoisotopic (exact) mass is 466 g/mol. The van der Waals surface area contributed by atoms with Crippen LogP contribution in [0.5, 0.6) is 0 Å². The number of rotatable bonds is 7. The molecule has 148 valence electrons. The van der Waals surface area contributed by atoms with Gasteiger partial charge in [0, 0.05) is 58.9 Å². The molecule has 2 rings (SSSR count). The number of halogens is 1. The highest BCUT2D eigenvalue weighted by molar-refractivity contribution is 14.0. The maximum atomic E-state index is 4.38. The third-order valence-electron chi connectivity index (χ3n) is 5.42. The minimum atomic E-state index is 0. The molecule has 2 aliphatic heterocycles. The molecule has 2 aliphatic rings. The molecule has 0 radical (unpaired) electrons. The van der Waals surface area contributed by atoms with Gasteiger partial charge in [0.2, 0.25) is 0 Å². The highest BCUT2D eigenvalue weighted by atomic mass is 127. The summed E-state index contributed by atoms with van der Waals surface area (Å²) in [5, 5.41) is 7.03. The molecule has 2 unspecified atom stereocenters. The number of hydrogen-bond donors (Lipinski definition) is 2. The van der Waals surface area contributed by atoms with E-state index in [-0.39, 0.29) is 24.0 Å². The first kappa shape index (κ1) is 22.9. The van der Waals surface area contributed by atoms with Gasteiger partial charge in [-0.25, -0.2) is 0 Å². The Morgan fingerprint density at radius 3 is 2.52 bits per heavy atom. The van der Waals surface area contributed by atoms with Crippen molar-refractivity contribution >= 4 is 29.9 Å². The van der Waals surface area contributed by atoms with E-state index < -0.39 is 0 Å². The Morgan fingerprint density at radius 1 is 1.16 bits per heavy atom. The number of likely N-dealkylation sites (N-methyl/N-ethyl adjacent to an activating group) is 2. The van der Waals surface area contributed by atoms with Crippen LogP contribution in [-0.2, 0) is 0 Å². The van der Waals surface area contributed by atoms with Gasteiger partial charge in [-0.05, 0) is 38.9 Å². The Balaban J connectivity index is 0.00000312. The number of aliphatic imine (C=N–C) groups is 1. The third-order valence-corrected chi connectivity index (χ3v) is 5.42. The maximum absolute atomic E-state index is 4.38. The van der Waals surface area contributed by atoms with Crippen molar-refractivity contribution in [1.29, 1.82) is 0 Å². The third kappa shape index (κ3) is 7.97. The maximum Gasteiger partial charge on any atom is 0.191 e. The quantitative estimate of drug-likeness (QED) is 0.335. The predicted molar refractivity (Wildman–Crippen MR) is 118 cm³/mol. The molecular weight excluding hydrogens is 427 g/mol. The van der Waals surface area contributed by atoms with Gasteiger partial charge in [0.1, 0.15) is 0 Å². The van der Waals surface area contributed by atoms with Gasteiger partial charge >= 0.3 is 0 Å². The topological polar surface area (TPSA) is 46.1 Å². The first-order valence-electron chi connectivity index (χ1n) is 9.71. The molecule has 0 spiro atoms. The van der Waals surface area contributed by atoms with Crippen molar-refractivity contribution in [2.75, 3.05) is 73.0 Å². The molecular formula is C18H39IN6. The summed E-state index contributed by atoms with van der Waals surface area (Å²) in [5.74, 6) is 1.58. The number of guanidine groups is 1. The SMILES string of the molecule is CCN1CCCC1CNC(=NC)NCC(C)CN1CCN(C)CC1.I. The summed E-state index contributed by atoms with van der Waals surface area (Å²) in [7, 11) is 4.08. The van der Waals surface area contributed by atoms with E-state index in [0.717, 1.165) is 25.6 Å². The average Bonchev–Trinajstić information content (AvgIpc) is 3.04. The number of nitrogens with one attached hydrogen (secondary N) is 2. The smallest absolute Gasteiger partial charge is 0.191 e. The van der Waals surface area contributed by atoms with Crippen molar-refractivity contribution in [2.24, 2.45) is 10.9 Å². The molecule has 0 amide bonds. The molecule has 25 heavy (non-hydrogen) atoms. The summed E-state index contributed by atoms with van der Waals surface area (Å²) < 4.78 is 0. The number of piperazine rings is 1. The second-order valence-electron chi connectivity index (χ2n) is 7.47. The number of nitrogens with zero attached hydrogens (tertiary/aromatic N) is 4. The molecule has 0 aromatic rings. The molecule has 7 heteroatoms. The Hall–Kier alpha value is -0.120. The van der Waals surface area contributed by atoms with Crippen molar-refractivity contribution in [3.8, 4) is 0 Å². The van der Waals surface area contributed by atoms with Crippen LogP contribution in [0.1, 0.15) is 26.7 Å². The molecule has 0 aliphatic carbocycles. The summed E-state index contributed by atoms with van der Waals surface area (Å²) in [4.78, 5) is 11.9. The zero-order valence-electron chi connectivity index (χ0n) is 16.6. The van der Waals surface area contributed by atoms with Gasteiger partial charge in [-0.3, -0.25) is 9.89 Å². The van der Waals surface area contributed by atoms with Crippen molar-refractivity contribution in [1.82, 2.24) is 25.3 Å². The lowest BCUT2D eigenvalue weighted by atomic mass is 10.1. The van der Waals surface area contributed by atoms with Crippen molar-refractivity contribution < 1.29 is 0 Å². The second kappa shape index (κ2) is 12.3. The van der Waals surface area contributed by atoms with Gasteiger partial charge in [-0.15, -0.1) is 24.0 Å². The Labute approximate surface area is 171 Å². The summed E-state index contributed by atoms with van der Waals surface area (Å²) in [6.07, 6.45) is 2.63. The van der Waals surface area contributed by atoms with Crippen LogP contribution >= 0.6 is 24.0 Å². The molecule has 2 N–H and O–H groups in total. The van der Waals surface area contributed by atoms with Crippen molar-refractivity contribution in [3.05, 3.63) is 0 Å². The molecule has 0 bridgehead atoms.